The molecular formula is C6H9NO. The van der Waals surface area contributed by atoms with E-state index in [2.05, 4.69) is 5.32 Å². The van der Waals surface area contributed by atoms with Crippen molar-refractivity contribution in [2.45, 2.75) is 0 Å². The minimum absolute atomic E-state index is 0.877. The molecule has 1 N–H and O–H groups in total. The molecule has 8 heavy (non-hydrogen) atoms. The van der Waals surface area contributed by atoms with E-state index in [-0.39, 0.29) is 0 Å². The lowest BCUT2D eigenvalue weighted by atomic mass is 10.2. The Balaban J connectivity index is 2.23. The van der Waals surface area contributed by atoms with Crippen LogP contribution in [0.5, 0.6) is 0 Å². The fraction of sp³-hybridized carbons (Fsp3) is 0.667. The van der Waals surface area contributed by atoms with Gasteiger partial charge in [-0.1, -0.05) is 0 Å². The van der Waals surface area contributed by atoms with Crippen LogP contribution in [0.4, 0.5) is 0 Å². The minimum Gasteiger partial charge on any atom is -0.373 e. The number of hydrogen-bond acceptors (Lipinski definition) is 2. The van der Waals surface area contributed by atoms with Crippen LogP contribution in [0, 0.1) is 0 Å². The highest BCUT2D eigenvalue weighted by Crippen LogP contribution is 2.16. The van der Waals surface area contributed by atoms with Crippen molar-refractivity contribution in [1.29, 1.82) is 0 Å². The number of nitrogens with one attached hydrogen (secondary N) is 1. The molecule has 0 radical (unpaired) electrons. The minimum atomic E-state index is 0.877. The zero-order valence-corrected chi connectivity index (χ0v) is 4.74. The van der Waals surface area contributed by atoms with E-state index in [1.54, 1.807) is 0 Å². The average Bonchev–Trinajstić information content (AvgIpc) is 2.15. The molecule has 0 aromatic heterocycles. The molecule has 44 valence electrons. The molecule has 2 aliphatic rings. The molecule has 2 nitrogen and oxygen atoms in total. The normalized spacial score (nSPS) is 27.0. The Labute approximate surface area is 48.5 Å². The quantitative estimate of drug-likeness (QED) is 0.441. The van der Waals surface area contributed by atoms with E-state index in [4.69, 9.17) is 4.74 Å². The standard InChI is InChI=1S/C6H9NO/c1-5-3-8-4-6(5)2-7-1/h7H,1-4H2. The van der Waals surface area contributed by atoms with Crippen molar-refractivity contribution in [2.24, 2.45) is 0 Å². The second-order valence-electron chi connectivity index (χ2n) is 2.30. The van der Waals surface area contributed by atoms with Crippen molar-refractivity contribution < 1.29 is 4.74 Å². The van der Waals surface area contributed by atoms with Gasteiger partial charge in [0.1, 0.15) is 0 Å². The van der Waals surface area contributed by atoms with Gasteiger partial charge in [0.2, 0.25) is 0 Å². The molecule has 0 saturated carbocycles. The highest BCUT2D eigenvalue weighted by molar-refractivity contribution is 5.26. The van der Waals surface area contributed by atoms with Crippen molar-refractivity contribution in [3.63, 3.8) is 0 Å². The second-order valence-corrected chi connectivity index (χ2v) is 2.30. The Kier molecular flexibility index (Phi) is 0.889. The van der Waals surface area contributed by atoms with Gasteiger partial charge in [0.15, 0.2) is 0 Å². The maximum absolute atomic E-state index is 5.20. The first-order chi connectivity index (χ1) is 3.97. The monoisotopic (exact) mass is 111 g/mol. The van der Waals surface area contributed by atoms with Crippen molar-refractivity contribution in [3.8, 4) is 0 Å². The third-order valence-electron chi connectivity index (χ3n) is 1.73. The smallest absolute Gasteiger partial charge is 0.0697 e. The van der Waals surface area contributed by atoms with Gasteiger partial charge in [0.25, 0.3) is 0 Å². The van der Waals surface area contributed by atoms with Gasteiger partial charge >= 0.3 is 0 Å². The van der Waals surface area contributed by atoms with E-state index in [0.29, 0.717) is 0 Å². The molecule has 0 atom stereocenters. The molecule has 0 saturated heterocycles. The molecule has 2 aliphatic heterocycles. The Hall–Kier alpha value is -0.340. The zero-order chi connectivity index (χ0) is 5.40. The maximum atomic E-state index is 5.20. The Morgan fingerprint density at radius 1 is 1.12 bits per heavy atom. The van der Waals surface area contributed by atoms with Crippen molar-refractivity contribution >= 4 is 0 Å². The maximum Gasteiger partial charge on any atom is 0.0697 e. The van der Waals surface area contributed by atoms with E-state index < -0.39 is 0 Å². The molecule has 0 fully saturated rings. The van der Waals surface area contributed by atoms with E-state index in [1.165, 1.54) is 11.1 Å². The summed E-state index contributed by atoms with van der Waals surface area (Å²) in [5.41, 5.74) is 2.98. The number of hydrogen-bond donors (Lipinski definition) is 1. The number of ether oxygens (including phenoxy) is 1. The lowest BCUT2D eigenvalue weighted by Gasteiger charge is -1.95. The summed E-state index contributed by atoms with van der Waals surface area (Å²) in [6.45, 7) is 3.88. The lowest BCUT2D eigenvalue weighted by Crippen LogP contribution is -2.13. The predicted molar refractivity (Wildman–Crippen MR) is 30.7 cm³/mol. The Morgan fingerprint density at radius 2 is 1.75 bits per heavy atom. The molecule has 0 aliphatic carbocycles. The van der Waals surface area contributed by atoms with Gasteiger partial charge in [-0.15, -0.1) is 0 Å². The highest BCUT2D eigenvalue weighted by Gasteiger charge is 2.18. The van der Waals surface area contributed by atoms with Gasteiger partial charge in [0.05, 0.1) is 13.2 Å². The summed E-state index contributed by atoms with van der Waals surface area (Å²) in [5, 5.41) is 3.27. The largest absolute Gasteiger partial charge is 0.373 e. The fourth-order valence-corrected chi connectivity index (χ4v) is 1.22. The molecule has 0 amide bonds. The molecule has 2 heteroatoms. The van der Waals surface area contributed by atoms with Crippen LogP contribution >= 0.6 is 0 Å². The summed E-state index contributed by atoms with van der Waals surface area (Å²) < 4.78 is 5.20. The van der Waals surface area contributed by atoms with Gasteiger partial charge < -0.3 is 10.1 Å². The molecule has 0 spiro atoms. The van der Waals surface area contributed by atoms with Crippen LogP contribution < -0.4 is 5.32 Å². The first-order valence-corrected chi connectivity index (χ1v) is 2.95. The molecule has 0 aromatic rings. The summed E-state index contributed by atoms with van der Waals surface area (Å²) in [6, 6.07) is 0. The van der Waals surface area contributed by atoms with Crippen LogP contribution in [0.3, 0.4) is 0 Å². The van der Waals surface area contributed by atoms with Crippen LogP contribution in [0.15, 0.2) is 11.1 Å². The topological polar surface area (TPSA) is 21.3 Å². The SMILES string of the molecule is C1NCC2=C1COC2. The first kappa shape index (κ1) is 4.53. The summed E-state index contributed by atoms with van der Waals surface area (Å²) in [4.78, 5) is 0. The van der Waals surface area contributed by atoms with Crippen molar-refractivity contribution in [3.05, 3.63) is 11.1 Å². The average molecular weight is 111 g/mol. The van der Waals surface area contributed by atoms with Crippen LogP contribution in [-0.2, 0) is 4.74 Å². The Bertz CT molecular complexity index is 111. The molecule has 0 unspecified atom stereocenters. The van der Waals surface area contributed by atoms with E-state index in [0.717, 1.165) is 26.3 Å². The highest BCUT2D eigenvalue weighted by atomic mass is 16.5. The van der Waals surface area contributed by atoms with Crippen LogP contribution in [0.2, 0.25) is 0 Å². The van der Waals surface area contributed by atoms with E-state index in [1.807, 2.05) is 0 Å². The summed E-state index contributed by atoms with van der Waals surface area (Å²) >= 11 is 0. The molecule has 0 bridgehead atoms. The lowest BCUT2D eigenvalue weighted by molar-refractivity contribution is 0.200. The molecular weight excluding hydrogens is 102 g/mol. The van der Waals surface area contributed by atoms with Gasteiger partial charge in [-0.05, 0) is 11.1 Å². The van der Waals surface area contributed by atoms with Gasteiger partial charge in [-0.25, -0.2) is 0 Å². The molecule has 2 heterocycles. The summed E-state index contributed by atoms with van der Waals surface area (Å²) in [5.74, 6) is 0. The second kappa shape index (κ2) is 1.57. The van der Waals surface area contributed by atoms with E-state index in [9.17, 15) is 0 Å². The third-order valence-corrected chi connectivity index (χ3v) is 1.73. The number of rotatable bonds is 0. The third kappa shape index (κ3) is 0.501. The van der Waals surface area contributed by atoms with Crippen LogP contribution in [0.25, 0.3) is 0 Å². The summed E-state index contributed by atoms with van der Waals surface area (Å²) in [6.07, 6.45) is 0. The van der Waals surface area contributed by atoms with Gasteiger partial charge in [0, 0.05) is 13.1 Å². The molecule has 2 rings (SSSR count). The van der Waals surface area contributed by atoms with Crippen molar-refractivity contribution in [1.82, 2.24) is 5.32 Å². The predicted octanol–water partition coefficient (Wildman–Crippen LogP) is -0.0836. The summed E-state index contributed by atoms with van der Waals surface area (Å²) in [7, 11) is 0. The van der Waals surface area contributed by atoms with E-state index >= 15 is 0 Å². The van der Waals surface area contributed by atoms with Crippen molar-refractivity contribution in [2.75, 3.05) is 26.3 Å². The molecule has 0 aromatic carbocycles. The Morgan fingerprint density at radius 3 is 2.38 bits per heavy atom. The zero-order valence-electron chi connectivity index (χ0n) is 4.74. The van der Waals surface area contributed by atoms with Gasteiger partial charge in [-0.2, -0.15) is 0 Å². The van der Waals surface area contributed by atoms with Crippen LogP contribution in [0.1, 0.15) is 0 Å². The van der Waals surface area contributed by atoms with Gasteiger partial charge in [-0.3, -0.25) is 0 Å². The van der Waals surface area contributed by atoms with Crippen LogP contribution in [-0.4, -0.2) is 26.3 Å². The fourth-order valence-electron chi connectivity index (χ4n) is 1.22. The first-order valence-electron chi connectivity index (χ1n) is 2.95.